The minimum atomic E-state index is 0. The van der Waals surface area contributed by atoms with Gasteiger partial charge in [0.1, 0.15) is 0 Å². The second-order valence-electron chi connectivity index (χ2n) is 7.33. The zero-order valence-corrected chi connectivity index (χ0v) is 23.3. The molecule has 2 nitrogen and oxygen atoms in total. The van der Waals surface area contributed by atoms with Crippen molar-refractivity contribution < 1.29 is 21.1 Å². The second kappa shape index (κ2) is 13.8. The summed E-state index contributed by atoms with van der Waals surface area (Å²) in [6.45, 7) is 8.20. The Hall–Kier alpha value is -2.83. The molecule has 176 valence electrons. The number of rotatable bonds is 2. The van der Waals surface area contributed by atoms with E-state index in [-0.39, 0.29) is 43.3 Å². The molecule has 0 saturated heterocycles. The normalized spacial score (nSPS) is 9.41. The second-order valence-corrected chi connectivity index (χ2v) is 7.33. The van der Waals surface area contributed by atoms with E-state index in [1.165, 1.54) is 11.1 Å². The van der Waals surface area contributed by atoms with E-state index in [2.05, 4.69) is 98.8 Å². The predicted octanol–water partition coefficient (Wildman–Crippen LogP) is 9.29. The molecular weight excluding hydrogens is 584 g/mol. The standard InChI is InChI=1S/C26H20N2.C2H6.CH4.2CH3.W/c1-17-3-7-19(8-4-17)23-15-13-21-11-12-22-14-16-24(28-26(22)25(21)27-23)20-9-5-18(2)6-10-20;1-2;;;;/h3-16H,1-2H3;1-2H3;1H4;2*1H3;/q;;;2*-1;+2. The molecule has 3 aromatic carbocycles. The number of hydrogen-bond donors (Lipinski definition) is 0. The number of nitrogens with zero attached hydrogens (tertiary/aromatic N) is 2. The molecule has 3 heteroatoms. The number of aromatic nitrogens is 2. The van der Waals surface area contributed by atoms with Gasteiger partial charge in [-0.2, -0.15) is 0 Å². The SMILES string of the molecule is C.CC.Cc1ccc(-c2ccc3ccc4ccc(-c5ccc(C)cc5)nc4c3n2)cc1.[CH3-].[CH3-].[W+2]. The fourth-order valence-electron chi connectivity index (χ4n) is 3.54. The van der Waals surface area contributed by atoms with Gasteiger partial charge in [0, 0.05) is 21.9 Å². The van der Waals surface area contributed by atoms with Gasteiger partial charge in [-0.1, -0.05) is 105 Å². The Kier molecular flexibility index (Phi) is 12.6. The van der Waals surface area contributed by atoms with E-state index < -0.39 is 0 Å². The minimum absolute atomic E-state index is 0. The Morgan fingerprint density at radius 1 is 0.471 bits per heavy atom. The van der Waals surface area contributed by atoms with Crippen molar-refractivity contribution in [3.05, 3.63) is 111 Å². The van der Waals surface area contributed by atoms with Crippen LogP contribution in [-0.4, -0.2) is 9.97 Å². The summed E-state index contributed by atoms with van der Waals surface area (Å²) < 4.78 is 0. The summed E-state index contributed by atoms with van der Waals surface area (Å²) >= 11 is 0. The van der Waals surface area contributed by atoms with Crippen LogP contribution < -0.4 is 0 Å². The van der Waals surface area contributed by atoms with Crippen molar-refractivity contribution in [3.63, 3.8) is 0 Å². The third kappa shape index (κ3) is 6.39. The van der Waals surface area contributed by atoms with Gasteiger partial charge in [-0.3, -0.25) is 0 Å². The van der Waals surface area contributed by atoms with Crippen LogP contribution in [0.1, 0.15) is 32.4 Å². The molecule has 0 amide bonds. The number of benzene rings is 3. The van der Waals surface area contributed by atoms with Gasteiger partial charge in [-0.25, -0.2) is 9.97 Å². The van der Waals surface area contributed by atoms with Gasteiger partial charge in [0.2, 0.25) is 0 Å². The fraction of sp³-hybridized carbons (Fsp3) is 0.161. The predicted molar refractivity (Wildman–Crippen MR) is 148 cm³/mol. The molecule has 0 spiro atoms. The van der Waals surface area contributed by atoms with Gasteiger partial charge >= 0.3 is 21.1 Å². The molecule has 0 atom stereocenters. The Morgan fingerprint density at radius 3 is 1.09 bits per heavy atom. The van der Waals surface area contributed by atoms with E-state index in [9.17, 15) is 0 Å². The zero-order chi connectivity index (χ0) is 21.1. The van der Waals surface area contributed by atoms with Crippen LogP contribution in [0, 0.1) is 28.7 Å². The van der Waals surface area contributed by atoms with Crippen molar-refractivity contribution in [1.29, 1.82) is 0 Å². The van der Waals surface area contributed by atoms with Crippen molar-refractivity contribution in [3.8, 4) is 22.5 Å². The molecule has 0 bridgehead atoms. The Bertz CT molecular complexity index is 1200. The monoisotopic (exact) mass is 620 g/mol. The largest absolute Gasteiger partial charge is 2.00 e. The maximum atomic E-state index is 4.99. The van der Waals surface area contributed by atoms with E-state index in [0.717, 1.165) is 44.3 Å². The summed E-state index contributed by atoms with van der Waals surface area (Å²) in [6, 6.07) is 29.7. The van der Waals surface area contributed by atoms with Crippen LogP contribution in [0.3, 0.4) is 0 Å². The maximum absolute atomic E-state index is 4.99. The van der Waals surface area contributed by atoms with Gasteiger partial charge in [-0.05, 0) is 26.0 Å². The maximum Gasteiger partial charge on any atom is 2.00 e. The van der Waals surface area contributed by atoms with Crippen LogP contribution in [0.4, 0.5) is 0 Å². The van der Waals surface area contributed by atoms with Crippen molar-refractivity contribution >= 4 is 21.8 Å². The molecular formula is C31H36N2W. The van der Waals surface area contributed by atoms with Crippen molar-refractivity contribution in [1.82, 2.24) is 9.97 Å². The van der Waals surface area contributed by atoms with E-state index in [4.69, 9.17) is 9.97 Å². The first-order valence-corrected chi connectivity index (χ1v) is 10.5. The third-order valence-electron chi connectivity index (χ3n) is 5.21. The van der Waals surface area contributed by atoms with Gasteiger partial charge in [0.25, 0.3) is 0 Å². The summed E-state index contributed by atoms with van der Waals surface area (Å²) in [5.74, 6) is 0. The average molecular weight is 620 g/mol. The van der Waals surface area contributed by atoms with E-state index >= 15 is 0 Å². The molecule has 5 rings (SSSR count). The van der Waals surface area contributed by atoms with Crippen molar-refractivity contribution in [2.24, 2.45) is 0 Å². The van der Waals surface area contributed by atoms with Crippen LogP contribution in [0.2, 0.25) is 0 Å². The number of hydrogen-bond acceptors (Lipinski definition) is 2. The van der Waals surface area contributed by atoms with E-state index in [1.54, 1.807) is 0 Å². The van der Waals surface area contributed by atoms with Crippen molar-refractivity contribution in [2.45, 2.75) is 35.1 Å². The first-order valence-electron chi connectivity index (χ1n) is 10.5. The Balaban J connectivity index is 0.00000177. The molecule has 2 heterocycles. The zero-order valence-electron chi connectivity index (χ0n) is 20.4. The van der Waals surface area contributed by atoms with E-state index in [1.807, 2.05) is 13.8 Å². The van der Waals surface area contributed by atoms with Gasteiger partial charge < -0.3 is 14.9 Å². The molecule has 5 aromatic rings. The minimum Gasteiger partial charge on any atom is -0.358 e. The molecule has 0 radical (unpaired) electrons. The molecule has 0 unspecified atom stereocenters. The van der Waals surface area contributed by atoms with Gasteiger partial charge in [0.05, 0.1) is 22.4 Å². The van der Waals surface area contributed by atoms with Crippen LogP contribution in [0.25, 0.3) is 44.3 Å². The average Bonchev–Trinajstić information content (AvgIpc) is 2.80. The molecule has 34 heavy (non-hydrogen) atoms. The summed E-state index contributed by atoms with van der Waals surface area (Å²) in [4.78, 5) is 9.98. The molecule has 0 aliphatic carbocycles. The first kappa shape index (κ1) is 31.2. The number of fused-ring (bicyclic) bond motifs is 3. The topological polar surface area (TPSA) is 25.8 Å². The van der Waals surface area contributed by atoms with Crippen LogP contribution >= 0.6 is 0 Å². The Labute approximate surface area is 220 Å². The molecule has 0 aliphatic rings. The molecule has 0 saturated carbocycles. The fourth-order valence-corrected chi connectivity index (χ4v) is 3.54. The van der Waals surface area contributed by atoms with Crippen LogP contribution in [0.15, 0.2) is 84.9 Å². The third-order valence-corrected chi connectivity index (χ3v) is 5.21. The molecule has 0 N–H and O–H groups in total. The van der Waals surface area contributed by atoms with Gasteiger partial charge in [0.15, 0.2) is 0 Å². The van der Waals surface area contributed by atoms with E-state index in [0.29, 0.717) is 0 Å². The smallest absolute Gasteiger partial charge is 0.358 e. The quantitative estimate of drug-likeness (QED) is 0.145. The molecule has 0 aliphatic heterocycles. The number of aryl methyl sites for hydroxylation is 2. The summed E-state index contributed by atoms with van der Waals surface area (Å²) in [5, 5.41) is 2.22. The summed E-state index contributed by atoms with van der Waals surface area (Å²) in [6.07, 6.45) is 0. The van der Waals surface area contributed by atoms with Crippen LogP contribution in [-0.2, 0) is 21.1 Å². The summed E-state index contributed by atoms with van der Waals surface area (Å²) in [7, 11) is 0. The number of pyridine rings is 2. The van der Waals surface area contributed by atoms with Gasteiger partial charge in [-0.15, -0.1) is 0 Å². The molecule has 2 aromatic heterocycles. The van der Waals surface area contributed by atoms with Crippen molar-refractivity contribution in [2.75, 3.05) is 0 Å². The Morgan fingerprint density at radius 2 is 0.765 bits per heavy atom. The first-order chi connectivity index (χ1) is 14.7. The molecule has 0 fully saturated rings. The summed E-state index contributed by atoms with van der Waals surface area (Å²) in [5.41, 5.74) is 8.59. The van der Waals surface area contributed by atoms with Crippen LogP contribution in [0.5, 0.6) is 0 Å².